The van der Waals surface area contributed by atoms with E-state index in [9.17, 15) is 0 Å². The van der Waals surface area contributed by atoms with Crippen LogP contribution in [0.2, 0.25) is 5.02 Å². The largest absolute Gasteiger partial charge is 0.320 e. The average Bonchev–Trinajstić information content (AvgIpc) is 2.33. The summed E-state index contributed by atoms with van der Waals surface area (Å²) in [4.78, 5) is 7.90. The molecule has 82 valence electrons. The monoisotopic (exact) mass is 233 g/mol. The van der Waals surface area contributed by atoms with Gasteiger partial charge in [-0.2, -0.15) is 0 Å². The lowest BCUT2D eigenvalue weighted by Crippen LogP contribution is -2.13. The third-order valence-corrected chi connectivity index (χ3v) is 3.01. The molecule has 0 aliphatic carbocycles. The van der Waals surface area contributed by atoms with E-state index in [2.05, 4.69) is 9.97 Å². The van der Waals surface area contributed by atoms with Gasteiger partial charge in [0.1, 0.15) is 6.33 Å². The fourth-order valence-electron chi connectivity index (χ4n) is 1.56. The van der Waals surface area contributed by atoms with Crippen LogP contribution in [0.3, 0.4) is 0 Å². The molecule has 0 saturated carbocycles. The maximum atomic E-state index is 6.22. The van der Waals surface area contributed by atoms with Gasteiger partial charge >= 0.3 is 0 Å². The van der Waals surface area contributed by atoms with Crippen LogP contribution < -0.4 is 5.73 Å². The zero-order valence-electron chi connectivity index (χ0n) is 8.89. The van der Waals surface area contributed by atoms with Crippen molar-refractivity contribution in [2.45, 2.75) is 13.0 Å². The predicted molar refractivity (Wildman–Crippen MR) is 64.3 cm³/mol. The smallest absolute Gasteiger partial charge is 0.115 e. The van der Waals surface area contributed by atoms with Crippen LogP contribution in [-0.2, 0) is 0 Å². The molecule has 0 aliphatic heterocycles. The molecule has 3 nitrogen and oxygen atoms in total. The van der Waals surface area contributed by atoms with Gasteiger partial charge in [0, 0.05) is 23.0 Å². The minimum Gasteiger partial charge on any atom is -0.320 e. The zero-order valence-corrected chi connectivity index (χ0v) is 9.65. The molecule has 1 aromatic carbocycles. The fraction of sp³-hybridized carbons (Fsp3) is 0.167. The van der Waals surface area contributed by atoms with Crippen LogP contribution in [0, 0.1) is 6.92 Å². The molecule has 1 unspecified atom stereocenters. The molecule has 2 rings (SSSR count). The van der Waals surface area contributed by atoms with Gasteiger partial charge in [-0.25, -0.2) is 9.97 Å². The van der Waals surface area contributed by atoms with Crippen LogP contribution in [0.15, 0.2) is 36.9 Å². The number of nitrogens with zero attached hydrogens (tertiary/aromatic N) is 2. The van der Waals surface area contributed by atoms with Crippen molar-refractivity contribution in [2.75, 3.05) is 0 Å². The molecule has 0 spiro atoms. The second kappa shape index (κ2) is 4.60. The number of hydrogen-bond donors (Lipinski definition) is 1. The number of halogens is 1. The Morgan fingerprint density at radius 2 is 1.94 bits per heavy atom. The Hall–Kier alpha value is -1.45. The Labute approximate surface area is 99.3 Å². The summed E-state index contributed by atoms with van der Waals surface area (Å²) >= 11 is 6.22. The summed E-state index contributed by atoms with van der Waals surface area (Å²) in [6, 6.07) is 5.54. The first-order valence-electron chi connectivity index (χ1n) is 4.95. The van der Waals surface area contributed by atoms with Crippen molar-refractivity contribution in [3.63, 3.8) is 0 Å². The molecule has 0 aliphatic rings. The molecule has 0 saturated heterocycles. The standard InChI is InChI=1S/C12H12ClN3/c1-8-3-2-4-10(11(8)13)12(14)9-5-15-7-16-6-9/h2-7,12H,14H2,1H3. The lowest BCUT2D eigenvalue weighted by atomic mass is 10.0. The first-order valence-corrected chi connectivity index (χ1v) is 5.33. The molecule has 1 heterocycles. The van der Waals surface area contributed by atoms with Crippen molar-refractivity contribution in [1.29, 1.82) is 0 Å². The highest BCUT2D eigenvalue weighted by atomic mass is 35.5. The lowest BCUT2D eigenvalue weighted by molar-refractivity contribution is 0.849. The Morgan fingerprint density at radius 1 is 1.25 bits per heavy atom. The van der Waals surface area contributed by atoms with E-state index in [1.807, 2.05) is 25.1 Å². The van der Waals surface area contributed by atoms with Gasteiger partial charge in [-0.1, -0.05) is 29.8 Å². The van der Waals surface area contributed by atoms with Gasteiger partial charge in [-0.15, -0.1) is 0 Å². The maximum absolute atomic E-state index is 6.22. The molecule has 0 radical (unpaired) electrons. The molecule has 0 amide bonds. The highest BCUT2D eigenvalue weighted by Crippen LogP contribution is 2.28. The summed E-state index contributed by atoms with van der Waals surface area (Å²) in [5, 5.41) is 0.707. The van der Waals surface area contributed by atoms with Gasteiger partial charge in [0.2, 0.25) is 0 Å². The molecule has 4 heteroatoms. The Bertz CT molecular complexity index is 485. The van der Waals surface area contributed by atoms with Crippen molar-refractivity contribution in [3.8, 4) is 0 Å². The summed E-state index contributed by atoms with van der Waals surface area (Å²) in [5.41, 5.74) is 8.90. The van der Waals surface area contributed by atoms with Crippen LogP contribution in [-0.4, -0.2) is 9.97 Å². The highest BCUT2D eigenvalue weighted by molar-refractivity contribution is 6.32. The van der Waals surface area contributed by atoms with E-state index in [-0.39, 0.29) is 6.04 Å². The van der Waals surface area contributed by atoms with E-state index in [1.165, 1.54) is 6.33 Å². The highest BCUT2D eigenvalue weighted by Gasteiger charge is 2.13. The quantitative estimate of drug-likeness (QED) is 0.867. The average molecular weight is 234 g/mol. The number of benzene rings is 1. The minimum absolute atomic E-state index is 0.284. The molecular weight excluding hydrogens is 222 g/mol. The van der Waals surface area contributed by atoms with Gasteiger partial charge < -0.3 is 5.73 Å². The third kappa shape index (κ3) is 2.05. The van der Waals surface area contributed by atoms with Crippen LogP contribution in [0.25, 0.3) is 0 Å². The number of rotatable bonds is 2. The Kier molecular flexibility index (Phi) is 3.17. The number of hydrogen-bond acceptors (Lipinski definition) is 3. The second-order valence-corrected chi connectivity index (χ2v) is 4.01. The first-order chi connectivity index (χ1) is 7.70. The van der Waals surface area contributed by atoms with Gasteiger partial charge in [0.05, 0.1) is 6.04 Å². The molecule has 1 aromatic heterocycles. The van der Waals surface area contributed by atoms with E-state index in [0.717, 1.165) is 16.7 Å². The SMILES string of the molecule is Cc1cccc(C(N)c2cncnc2)c1Cl. The molecule has 1 atom stereocenters. The fourth-order valence-corrected chi connectivity index (χ4v) is 1.80. The molecular formula is C12H12ClN3. The molecule has 0 fully saturated rings. The van der Waals surface area contributed by atoms with Crippen molar-refractivity contribution in [2.24, 2.45) is 5.73 Å². The molecule has 16 heavy (non-hydrogen) atoms. The zero-order chi connectivity index (χ0) is 11.5. The van der Waals surface area contributed by atoms with Gasteiger partial charge in [-0.05, 0) is 18.1 Å². The van der Waals surface area contributed by atoms with E-state index >= 15 is 0 Å². The lowest BCUT2D eigenvalue weighted by Gasteiger charge is -2.14. The minimum atomic E-state index is -0.284. The topological polar surface area (TPSA) is 51.8 Å². The van der Waals surface area contributed by atoms with Crippen molar-refractivity contribution in [1.82, 2.24) is 9.97 Å². The third-order valence-electron chi connectivity index (χ3n) is 2.50. The number of aryl methyl sites for hydroxylation is 1. The van der Waals surface area contributed by atoms with E-state index in [4.69, 9.17) is 17.3 Å². The van der Waals surface area contributed by atoms with Crippen molar-refractivity contribution in [3.05, 3.63) is 58.6 Å². The van der Waals surface area contributed by atoms with E-state index < -0.39 is 0 Å². The van der Waals surface area contributed by atoms with Gasteiger partial charge in [0.15, 0.2) is 0 Å². The van der Waals surface area contributed by atoms with Crippen molar-refractivity contribution < 1.29 is 0 Å². The van der Waals surface area contributed by atoms with Crippen LogP contribution >= 0.6 is 11.6 Å². The van der Waals surface area contributed by atoms with E-state index in [0.29, 0.717) is 5.02 Å². The molecule has 2 N–H and O–H groups in total. The van der Waals surface area contributed by atoms with Crippen LogP contribution in [0.1, 0.15) is 22.7 Å². The van der Waals surface area contributed by atoms with Gasteiger partial charge in [-0.3, -0.25) is 0 Å². The summed E-state index contributed by atoms with van der Waals surface area (Å²) in [7, 11) is 0. The second-order valence-electron chi connectivity index (χ2n) is 3.63. The first kappa shape index (κ1) is 11.0. The Balaban J connectivity index is 2.42. The molecule has 2 aromatic rings. The normalized spacial score (nSPS) is 12.4. The van der Waals surface area contributed by atoms with Crippen molar-refractivity contribution >= 4 is 11.6 Å². The molecule has 0 bridgehead atoms. The summed E-state index contributed by atoms with van der Waals surface area (Å²) in [6.45, 7) is 1.96. The summed E-state index contributed by atoms with van der Waals surface area (Å²) in [6.07, 6.45) is 4.89. The van der Waals surface area contributed by atoms with Crippen LogP contribution in [0.4, 0.5) is 0 Å². The number of nitrogens with two attached hydrogens (primary N) is 1. The number of aromatic nitrogens is 2. The van der Waals surface area contributed by atoms with E-state index in [1.54, 1.807) is 12.4 Å². The Morgan fingerprint density at radius 3 is 2.62 bits per heavy atom. The van der Waals surface area contributed by atoms with Crippen LogP contribution in [0.5, 0.6) is 0 Å². The summed E-state index contributed by atoms with van der Waals surface area (Å²) in [5.74, 6) is 0. The summed E-state index contributed by atoms with van der Waals surface area (Å²) < 4.78 is 0. The van der Waals surface area contributed by atoms with Gasteiger partial charge in [0.25, 0.3) is 0 Å². The predicted octanol–water partition coefficient (Wildman–Crippen LogP) is 2.49. The maximum Gasteiger partial charge on any atom is 0.115 e.